The van der Waals surface area contributed by atoms with Crippen LogP contribution in [0.4, 0.5) is 4.39 Å². The first-order chi connectivity index (χ1) is 7.90. The van der Waals surface area contributed by atoms with Crippen LogP contribution >= 0.6 is 23.8 Å². The third-order valence-corrected chi connectivity index (χ3v) is 2.46. The molecule has 1 amide bonds. The van der Waals surface area contributed by atoms with Crippen molar-refractivity contribution in [1.29, 1.82) is 0 Å². The molecule has 0 fully saturated rings. The SMILES string of the molecule is CC(CC(N)=S)NC(=O)c1cc(Cl)ccc1F. The van der Waals surface area contributed by atoms with Gasteiger partial charge in [-0.25, -0.2) is 4.39 Å². The van der Waals surface area contributed by atoms with Gasteiger partial charge in [0, 0.05) is 17.5 Å². The van der Waals surface area contributed by atoms with Crippen molar-refractivity contribution < 1.29 is 9.18 Å². The average molecular weight is 275 g/mol. The van der Waals surface area contributed by atoms with E-state index in [0.717, 1.165) is 6.07 Å². The van der Waals surface area contributed by atoms with Gasteiger partial charge in [-0.05, 0) is 25.1 Å². The number of thiocarbonyl (C=S) groups is 1. The van der Waals surface area contributed by atoms with E-state index >= 15 is 0 Å². The van der Waals surface area contributed by atoms with Crippen molar-refractivity contribution >= 4 is 34.7 Å². The summed E-state index contributed by atoms with van der Waals surface area (Å²) in [5, 5.41) is 2.89. The second-order valence-electron chi connectivity index (χ2n) is 3.67. The lowest BCUT2D eigenvalue weighted by atomic mass is 10.1. The number of benzene rings is 1. The summed E-state index contributed by atoms with van der Waals surface area (Å²) in [4.78, 5) is 12.0. The Kier molecular flexibility index (Phi) is 4.84. The molecular weight excluding hydrogens is 263 g/mol. The molecule has 6 heteroatoms. The van der Waals surface area contributed by atoms with Crippen LogP contribution in [0.25, 0.3) is 0 Å². The molecule has 92 valence electrons. The van der Waals surface area contributed by atoms with E-state index in [1.807, 2.05) is 0 Å². The minimum atomic E-state index is -0.616. The standard InChI is InChI=1S/C11H12ClFN2OS/c1-6(4-10(14)17)15-11(16)8-5-7(12)2-3-9(8)13/h2-3,5-6H,4H2,1H3,(H2,14,17)(H,15,16). The van der Waals surface area contributed by atoms with Crippen molar-refractivity contribution in [3.05, 3.63) is 34.6 Å². The molecule has 3 N–H and O–H groups in total. The van der Waals surface area contributed by atoms with E-state index in [1.165, 1.54) is 12.1 Å². The molecule has 0 aliphatic carbocycles. The molecular formula is C11H12ClFN2OS. The summed E-state index contributed by atoms with van der Waals surface area (Å²) >= 11 is 10.4. The molecule has 0 aliphatic heterocycles. The zero-order chi connectivity index (χ0) is 13.0. The van der Waals surface area contributed by atoms with Crippen LogP contribution in [-0.2, 0) is 0 Å². The Morgan fingerprint density at radius 2 is 2.29 bits per heavy atom. The number of amides is 1. The van der Waals surface area contributed by atoms with E-state index in [2.05, 4.69) is 5.32 Å². The first-order valence-corrected chi connectivity index (χ1v) is 5.73. The summed E-state index contributed by atoms with van der Waals surface area (Å²) in [7, 11) is 0. The van der Waals surface area contributed by atoms with Crippen LogP contribution in [0, 0.1) is 5.82 Å². The normalized spacial score (nSPS) is 11.9. The van der Waals surface area contributed by atoms with Crippen molar-refractivity contribution in [3.63, 3.8) is 0 Å². The Hall–Kier alpha value is -1.20. The molecule has 0 bridgehead atoms. The Balaban J connectivity index is 2.76. The van der Waals surface area contributed by atoms with Crippen LogP contribution < -0.4 is 11.1 Å². The predicted octanol–water partition coefficient (Wildman–Crippen LogP) is 2.27. The fourth-order valence-corrected chi connectivity index (χ4v) is 1.75. The fraction of sp³-hybridized carbons (Fsp3) is 0.273. The summed E-state index contributed by atoms with van der Waals surface area (Å²) in [6, 6.07) is 3.56. The Bertz CT molecular complexity index is 453. The minimum Gasteiger partial charge on any atom is -0.393 e. The van der Waals surface area contributed by atoms with E-state index in [0.29, 0.717) is 16.4 Å². The van der Waals surface area contributed by atoms with Gasteiger partial charge in [-0.2, -0.15) is 0 Å². The van der Waals surface area contributed by atoms with Crippen molar-refractivity contribution in [3.8, 4) is 0 Å². The van der Waals surface area contributed by atoms with Crippen LogP contribution in [0.1, 0.15) is 23.7 Å². The van der Waals surface area contributed by atoms with Crippen LogP contribution in [0.2, 0.25) is 5.02 Å². The quantitative estimate of drug-likeness (QED) is 0.828. The molecule has 0 spiro atoms. The third kappa shape index (κ3) is 4.28. The smallest absolute Gasteiger partial charge is 0.254 e. The van der Waals surface area contributed by atoms with Gasteiger partial charge < -0.3 is 11.1 Å². The highest BCUT2D eigenvalue weighted by Crippen LogP contribution is 2.15. The molecule has 0 heterocycles. The maximum absolute atomic E-state index is 13.4. The monoisotopic (exact) mass is 274 g/mol. The third-order valence-electron chi connectivity index (χ3n) is 2.06. The van der Waals surface area contributed by atoms with Gasteiger partial charge >= 0.3 is 0 Å². The van der Waals surface area contributed by atoms with E-state index in [-0.39, 0.29) is 11.6 Å². The number of nitrogens with one attached hydrogen (secondary N) is 1. The topological polar surface area (TPSA) is 55.1 Å². The Morgan fingerprint density at radius 1 is 1.65 bits per heavy atom. The van der Waals surface area contributed by atoms with Gasteiger partial charge in [0.15, 0.2) is 0 Å². The van der Waals surface area contributed by atoms with Gasteiger partial charge in [-0.3, -0.25) is 4.79 Å². The number of hydrogen-bond acceptors (Lipinski definition) is 2. The van der Waals surface area contributed by atoms with Crippen LogP contribution in [0.5, 0.6) is 0 Å². The van der Waals surface area contributed by atoms with Gasteiger partial charge in [-0.1, -0.05) is 23.8 Å². The summed E-state index contributed by atoms with van der Waals surface area (Å²) in [6.07, 6.45) is 0.364. The highest BCUT2D eigenvalue weighted by molar-refractivity contribution is 7.80. The van der Waals surface area contributed by atoms with E-state index in [1.54, 1.807) is 6.92 Å². The zero-order valence-corrected chi connectivity index (χ0v) is 10.7. The molecule has 1 aromatic carbocycles. The molecule has 0 saturated heterocycles. The van der Waals surface area contributed by atoms with Crippen LogP contribution in [0.15, 0.2) is 18.2 Å². The lowest BCUT2D eigenvalue weighted by molar-refractivity contribution is 0.0937. The molecule has 1 rings (SSSR count). The van der Waals surface area contributed by atoms with Gasteiger partial charge in [0.05, 0.1) is 10.6 Å². The van der Waals surface area contributed by atoms with Crippen LogP contribution in [0.3, 0.4) is 0 Å². The van der Waals surface area contributed by atoms with E-state index in [9.17, 15) is 9.18 Å². The fourth-order valence-electron chi connectivity index (χ4n) is 1.33. The van der Waals surface area contributed by atoms with Gasteiger partial charge in [0.1, 0.15) is 5.82 Å². The van der Waals surface area contributed by atoms with Crippen molar-refractivity contribution in [2.45, 2.75) is 19.4 Å². The number of rotatable bonds is 4. The lowest BCUT2D eigenvalue weighted by Gasteiger charge is -2.13. The maximum Gasteiger partial charge on any atom is 0.254 e. The molecule has 1 atom stereocenters. The maximum atomic E-state index is 13.4. The molecule has 0 radical (unpaired) electrons. The first kappa shape index (κ1) is 13.9. The van der Waals surface area contributed by atoms with Gasteiger partial charge in [-0.15, -0.1) is 0 Å². The number of nitrogens with two attached hydrogens (primary N) is 1. The van der Waals surface area contributed by atoms with E-state index < -0.39 is 11.7 Å². The van der Waals surface area contributed by atoms with Crippen molar-refractivity contribution in [2.75, 3.05) is 0 Å². The second-order valence-corrected chi connectivity index (χ2v) is 4.63. The van der Waals surface area contributed by atoms with Crippen molar-refractivity contribution in [2.24, 2.45) is 5.73 Å². The number of carbonyl (C=O) groups excluding carboxylic acids is 1. The molecule has 3 nitrogen and oxygen atoms in total. The highest BCUT2D eigenvalue weighted by atomic mass is 35.5. The number of halogens is 2. The second kappa shape index (κ2) is 5.93. The van der Waals surface area contributed by atoms with Crippen LogP contribution in [-0.4, -0.2) is 16.9 Å². The molecule has 0 aromatic heterocycles. The van der Waals surface area contributed by atoms with Gasteiger partial charge in [0.2, 0.25) is 0 Å². The Morgan fingerprint density at radius 3 is 2.88 bits per heavy atom. The summed E-state index contributed by atoms with van der Waals surface area (Å²) in [5.41, 5.74) is 5.26. The van der Waals surface area contributed by atoms with Crippen molar-refractivity contribution in [1.82, 2.24) is 5.32 Å². The minimum absolute atomic E-state index is 0.0905. The summed E-state index contributed by atoms with van der Waals surface area (Å²) in [5.74, 6) is -1.15. The molecule has 0 aliphatic rings. The largest absolute Gasteiger partial charge is 0.393 e. The summed E-state index contributed by atoms with van der Waals surface area (Å²) in [6.45, 7) is 1.74. The summed E-state index contributed by atoms with van der Waals surface area (Å²) < 4.78 is 13.4. The Labute approximate surface area is 109 Å². The molecule has 1 aromatic rings. The predicted molar refractivity (Wildman–Crippen MR) is 69.7 cm³/mol. The van der Waals surface area contributed by atoms with Gasteiger partial charge in [0.25, 0.3) is 5.91 Å². The number of carbonyl (C=O) groups is 1. The van der Waals surface area contributed by atoms with E-state index in [4.69, 9.17) is 29.6 Å². The lowest BCUT2D eigenvalue weighted by Crippen LogP contribution is -2.35. The molecule has 17 heavy (non-hydrogen) atoms. The molecule has 0 saturated carbocycles. The average Bonchev–Trinajstić information content (AvgIpc) is 2.20. The first-order valence-electron chi connectivity index (χ1n) is 4.94. The molecule has 1 unspecified atom stereocenters. The number of hydrogen-bond donors (Lipinski definition) is 2. The zero-order valence-electron chi connectivity index (χ0n) is 9.17. The highest BCUT2D eigenvalue weighted by Gasteiger charge is 2.14.